The van der Waals surface area contributed by atoms with Crippen molar-refractivity contribution in [2.75, 3.05) is 26.5 Å². The van der Waals surface area contributed by atoms with Crippen LogP contribution in [0.2, 0.25) is 0 Å². The van der Waals surface area contributed by atoms with Crippen molar-refractivity contribution in [2.45, 2.75) is 23.8 Å². The molecule has 2 aromatic carbocycles. The summed E-state index contributed by atoms with van der Waals surface area (Å²) >= 11 is 3.19. The van der Waals surface area contributed by atoms with Crippen molar-refractivity contribution < 1.29 is 14.3 Å². The van der Waals surface area contributed by atoms with Crippen LogP contribution in [0, 0.1) is 0 Å². The molecule has 0 unspecified atom stereocenters. The predicted molar refractivity (Wildman–Crippen MR) is 114 cm³/mol. The fraction of sp³-hybridized carbons (Fsp3) is 0.333. The number of thioether (sulfide) groups is 1. The molecule has 1 amide bonds. The number of methoxy groups -OCH3 is 1. The lowest BCUT2D eigenvalue weighted by atomic mass is 10.1. The molecule has 0 saturated carbocycles. The highest BCUT2D eigenvalue weighted by Gasteiger charge is 2.25. The van der Waals surface area contributed by atoms with E-state index in [1.807, 2.05) is 53.6 Å². The maximum atomic E-state index is 12.8. The van der Waals surface area contributed by atoms with E-state index in [4.69, 9.17) is 9.47 Å². The highest BCUT2D eigenvalue weighted by Crippen LogP contribution is 2.32. The molecule has 0 spiro atoms. The van der Waals surface area contributed by atoms with Crippen molar-refractivity contribution >= 4 is 39.2 Å². The molecule has 1 fully saturated rings. The number of carbonyl (C=O) groups is 1. The number of hydrogen-bond donors (Lipinski definition) is 0. The van der Waals surface area contributed by atoms with Gasteiger partial charge in [0.05, 0.1) is 17.3 Å². The van der Waals surface area contributed by atoms with Crippen LogP contribution in [0.1, 0.15) is 23.2 Å². The van der Waals surface area contributed by atoms with E-state index >= 15 is 0 Å². The molecular weight excluding hydrogens is 392 g/mol. The zero-order chi connectivity index (χ0) is 19.5. The molecule has 1 aliphatic rings. The fourth-order valence-electron chi connectivity index (χ4n) is 3.32. The van der Waals surface area contributed by atoms with E-state index < -0.39 is 0 Å². The third kappa shape index (κ3) is 4.10. The maximum absolute atomic E-state index is 12.8. The van der Waals surface area contributed by atoms with E-state index in [2.05, 4.69) is 4.98 Å². The second-order valence-electron chi connectivity index (χ2n) is 6.65. The number of ether oxygens (including phenoxy) is 2. The van der Waals surface area contributed by atoms with E-state index in [-0.39, 0.29) is 12.0 Å². The molecule has 4 rings (SSSR count). The molecule has 0 radical (unpaired) electrons. The lowest BCUT2D eigenvalue weighted by Crippen LogP contribution is -2.41. The van der Waals surface area contributed by atoms with Gasteiger partial charge in [-0.3, -0.25) is 4.79 Å². The Morgan fingerprint density at radius 3 is 2.79 bits per heavy atom. The minimum absolute atomic E-state index is 0.0871. The zero-order valence-corrected chi connectivity index (χ0v) is 17.5. The number of thiazole rings is 1. The normalized spacial score (nSPS) is 15.0. The topological polar surface area (TPSA) is 51.7 Å². The van der Waals surface area contributed by atoms with Gasteiger partial charge in [-0.15, -0.1) is 11.8 Å². The number of aromatic nitrogens is 1. The fourth-order valence-corrected chi connectivity index (χ4v) is 4.64. The Hall–Kier alpha value is -2.25. The number of rotatable bonds is 5. The average Bonchev–Trinajstić information content (AvgIpc) is 3.15. The van der Waals surface area contributed by atoms with Gasteiger partial charge < -0.3 is 14.4 Å². The van der Waals surface area contributed by atoms with Crippen LogP contribution in [0.4, 0.5) is 0 Å². The van der Waals surface area contributed by atoms with Crippen molar-refractivity contribution in [1.82, 2.24) is 9.88 Å². The number of fused-ring (bicyclic) bond motifs is 1. The van der Waals surface area contributed by atoms with E-state index in [0.29, 0.717) is 18.3 Å². The summed E-state index contributed by atoms with van der Waals surface area (Å²) in [6.45, 7) is 1.40. The van der Waals surface area contributed by atoms with Gasteiger partial charge in [-0.25, -0.2) is 4.98 Å². The number of nitrogens with zero attached hydrogens (tertiary/aromatic N) is 2. The lowest BCUT2D eigenvalue weighted by molar-refractivity contribution is 0.0595. The Bertz CT molecular complexity index is 981. The third-order valence-electron chi connectivity index (χ3n) is 4.89. The zero-order valence-electron chi connectivity index (χ0n) is 15.9. The van der Waals surface area contributed by atoms with Gasteiger partial charge in [0, 0.05) is 42.5 Å². The third-order valence-corrected chi connectivity index (χ3v) is 6.54. The van der Waals surface area contributed by atoms with E-state index in [1.165, 1.54) is 0 Å². The molecule has 5 nitrogen and oxygen atoms in total. The summed E-state index contributed by atoms with van der Waals surface area (Å²) in [4.78, 5) is 20.4. The summed E-state index contributed by atoms with van der Waals surface area (Å²) in [5.41, 5.74) is 1.65. The SMILES string of the molecule is COc1ccc2sc(OC3CCN(C(=O)c4cccc(SC)c4)CC3)nc2c1. The van der Waals surface area contributed by atoms with Crippen molar-refractivity contribution in [3.8, 4) is 10.9 Å². The summed E-state index contributed by atoms with van der Waals surface area (Å²) in [5.74, 6) is 0.892. The van der Waals surface area contributed by atoms with E-state index in [9.17, 15) is 4.79 Å². The maximum Gasteiger partial charge on any atom is 0.274 e. The monoisotopic (exact) mass is 414 g/mol. The number of likely N-dealkylation sites (tertiary alicyclic amines) is 1. The summed E-state index contributed by atoms with van der Waals surface area (Å²) < 4.78 is 12.4. The molecule has 146 valence electrons. The van der Waals surface area contributed by atoms with Gasteiger partial charge in [0.15, 0.2) is 0 Å². The molecule has 0 atom stereocenters. The summed E-state index contributed by atoms with van der Waals surface area (Å²) in [7, 11) is 1.65. The average molecular weight is 415 g/mol. The summed E-state index contributed by atoms with van der Waals surface area (Å²) in [6.07, 6.45) is 3.73. The molecule has 0 aliphatic carbocycles. The van der Waals surface area contributed by atoms with Crippen molar-refractivity contribution in [3.05, 3.63) is 48.0 Å². The molecule has 0 N–H and O–H groups in total. The first-order valence-electron chi connectivity index (χ1n) is 9.21. The van der Waals surface area contributed by atoms with Gasteiger partial charge in [0.25, 0.3) is 11.1 Å². The number of carbonyl (C=O) groups excluding carboxylic acids is 1. The molecule has 0 bridgehead atoms. The van der Waals surface area contributed by atoms with Crippen LogP contribution in [0.3, 0.4) is 0 Å². The van der Waals surface area contributed by atoms with Gasteiger partial charge in [-0.05, 0) is 36.6 Å². The minimum Gasteiger partial charge on any atom is -0.497 e. The van der Waals surface area contributed by atoms with Crippen LogP contribution in [-0.2, 0) is 0 Å². The Morgan fingerprint density at radius 2 is 2.04 bits per heavy atom. The second-order valence-corrected chi connectivity index (χ2v) is 8.53. The molecule has 28 heavy (non-hydrogen) atoms. The van der Waals surface area contributed by atoms with Crippen LogP contribution in [0.25, 0.3) is 10.2 Å². The standard InChI is InChI=1S/C21H22N2O3S2/c1-25-16-6-7-19-18(13-16)22-21(28-19)26-15-8-10-23(11-9-15)20(24)14-4-3-5-17(12-14)27-2/h3-7,12-13,15H,8-11H2,1-2H3. The lowest BCUT2D eigenvalue weighted by Gasteiger charge is -2.31. The van der Waals surface area contributed by atoms with Crippen LogP contribution in [-0.4, -0.2) is 48.4 Å². The van der Waals surface area contributed by atoms with E-state index in [1.54, 1.807) is 30.2 Å². The van der Waals surface area contributed by atoms with Crippen LogP contribution in [0.15, 0.2) is 47.4 Å². The summed E-state index contributed by atoms with van der Waals surface area (Å²) in [6, 6.07) is 13.7. The first kappa shape index (κ1) is 19.1. The Morgan fingerprint density at radius 1 is 1.21 bits per heavy atom. The van der Waals surface area contributed by atoms with Crippen molar-refractivity contribution in [3.63, 3.8) is 0 Å². The van der Waals surface area contributed by atoms with Gasteiger partial charge >= 0.3 is 0 Å². The van der Waals surface area contributed by atoms with Crippen molar-refractivity contribution in [2.24, 2.45) is 0 Å². The number of hydrogen-bond acceptors (Lipinski definition) is 6. The van der Waals surface area contributed by atoms with Gasteiger partial charge in [-0.2, -0.15) is 0 Å². The highest BCUT2D eigenvalue weighted by molar-refractivity contribution is 7.98. The number of benzene rings is 2. The first-order chi connectivity index (χ1) is 13.7. The molecule has 7 heteroatoms. The van der Waals surface area contributed by atoms with Crippen LogP contribution >= 0.6 is 23.1 Å². The van der Waals surface area contributed by atoms with Crippen molar-refractivity contribution in [1.29, 1.82) is 0 Å². The largest absolute Gasteiger partial charge is 0.497 e. The first-order valence-corrected chi connectivity index (χ1v) is 11.2. The Kier molecular flexibility index (Phi) is 5.73. The molecule has 1 aliphatic heterocycles. The van der Waals surface area contributed by atoms with Gasteiger partial charge in [0.2, 0.25) is 0 Å². The van der Waals surface area contributed by atoms with Crippen LogP contribution in [0.5, 0.6) is 10.9 Å². The number of piperidine rings is 1. The second kappa shape index (κ2) is 8.41. The molecule has 1 saturated heterocycles. The predicted octanol–water partition coefficient (Wildman–Crippen LogP) is 4.71. The smallest absolute Gasteiger partial charge is 0.274 e. The van der Waals surface area contributed by atoms with Gasteiger partial charge in [-0.1, -0.05) is 17.4 Å². The Balaban J connectivity index is 1.37. The molecule has 3 aromatic rings. The molecule has 2 heterocycles. The minimum atomic E-state index is 0.0871. The summed E-state index contributed by atoms with van der Waals surface area (Å²) in [5, 5.41) is 0.681. The molecular formula is C21H22N2O3S2. The van der Waals surface area contributed by atoms with Crippen LogP contribution < -0.4 is 9.47 Å². The Labute approximate surface area is 172 Å². The molecule has 1 aromatic heterocycles. The highest BCUT2D eigenvalue weighted by atomic mass is 32.2. The van der Waals surface area contributed by atoms with E-state index in [0.717, 1.165) is 39.3 Å². The quantitative estimate of drug-likeness (QED) is 0.566. The number of amides is 1. The van der Waals surface area contributed by atoms with Gasteiger partial charge in [0.1, 0.15) is 11.9 Å².